The Kier molecular flexibility index (Phi) is 4.57. The van der Waals surface area contributed by atoms with E-state index in [1.807, 2.05) is 0 Å². The van der Waals surface area contributed by atoms with E-state index >= 15 is 0 Å². The van der Waals surface area contributed by atoms with Crippen LogP contribution in [-0.4, -0.2) is 23.4 Å². The van der Waals surface area contributed by atoms with Gasteiger partial charge >= 0.3 is 6.09 Å². The number of aliphatic hydroxyl groups is 1. The summed E-state index contributed by atoms with van der Waals surface area (Å²) in [6.45, 7) is 5.34. The molecule has 5 nitrogen and oxygen atoms in total. The number of furan rings is 1. The van der Waals surface area contributed by atoms with E-state index < -0.39 is 11.7 Å². The number of rotatable bonds is 4. The first kappa shape index (κ1) is 13.6. The van der Waals surface area contributed by atoms with Gasteiger partial charge in [0.2, 0.25) is 0 Å². The molecule has 0 aliphatic heterocycles. The van der Waals surface area contributed by atoms with Crippen molar-refractivity contribution < 1.29 is 19.1 Å². The second-order valence-corrected chi connectivity index (χ2v) is 4.73. The summed E-state index contributed by atoms with van der Waals surface area (Å²) in [4.78, 5) is 11.6. The first-order chi connectivity index (χ1) is 7.92. The van der Waals surface area contributed by atoms with E-state index in [1.54, 1.807) is 32.9 Å². The summed E-state index contributed by atoms with van der Waals surface area (Å²) in [5.41, 5.74) is -0.545. The van der Waals surface area contributed by atoms with Crippen molar-refractivity contribution in [1.82, 2.24) is 5.32 Å². The van der Waals surface area contributed by atoms with Gasteiger partial charge in [0, 0.05) is 6.61 Å². The van der Waals surface area contributed by atoms with Crippen molar-refractivity contribution in [2.24, 2.45) is 0 Å². The van der Waals surface area contributed by atoms with E-state index in [0.717, 1.165) is 0 Å². The zero-order valence-corrected chi connectivity index (χ0v) is 10.4. The highest BCUT2D eigenvalue weighted by atomic mass is 16.6. The third-order valence-electron chi connectivity index (χ3n) is 2.00. The number of alkyl carbamates (subject to hydrolysis) is 1. The van der Waals surface area contributed by atoms with Gasteiger partial charge in [-0.15, -0.1) is 0 Å². The fourth-order valence-corrected chi connectivity index (χ4v) is 1.35. The molecule has 1 atom stereocenters. The first-order valence-corrected chi connectivity index (χ1v) is 5.56. The van der Waals surface area contributed by atoms with E-state index in [-0.39, 0.29) is 12.6 Å². The predicted molar refractivity (Wildman–Crippen MR) is 62.5 cm³/mol. The molecule has 0 aliphatic rings. The molecule has 96 valence electrons. The number of aliphatic hydroxyl groups excluding tert-OH is 1. The zero-order valence-electron chi connectivity index (χ0n) is 10.4. The van der Waals surface area contributed by atoms with E-state index in [0.29, 0.717) is 12.2 Å². The molecule has 17 heavy (non-hydrogen) atoms. The third-order valence-corrected chi connectivity index (χ3v) is 2.00. The number of carbonyl (C=O) groups is 1. The summed E-state index contributed by atoms with van der Waals surface area (Å²) < 4.78 is 10.3. The summed E-state index contributed by atoms with van der Waals surface area (Å²) in [5.74, 6) is 0.602. The standard InChI is InChI=1S/C12H19NO4/c1-12(2,3)17-11(15)13-9(6-7-14)10-5-4-8-16-10/h4-5,8-9,14H,6-7H2,1-3H3,(H,13,15)/t9-/m0/s1. The molecule has 0 bridgehead atoms. The SMILES string of the molecule is CC(C)(C)OC(=O)N[C@@H](CCO)c1ccco1. The molecule has 5 heteroatoms. The monoisotopic (exact) mass is 241 g/mol. The van der Waals surface area contributed by atoms with Crippen LogP contribution in [0, 0.1) is 0 Å². The molecule has 0 saturated heterocycles. The lowest BCUT2D eigenvalue weighted by atomic mass is 10.1. The Morgan fingerprint density at radius 2 is 2.29 bits per heavy atom. The van der Waals surface area contributed by atoms with E-state index in [2.05, 4.69) is 5.32 Å². The average Bonchev–Trinajstić information content (AvgIpc) is 2.66. The van der Waals surface area contributed by atoms with Gasteiger partial charge in [-0.1, -0.05) is 0 Å². The van der Waals surface area contributed by atoms with Crippen LogP contribution in [0.3, 0.4) is 0 Å². The van der Waals surface area contributed by atoms with Crippen LogP contribution >= 0.6 is 0 Å². The lowest BCUT2D eigenvalue weighted by molar-refractivity contribution is 0.0489. The average molecular weight is 241 g/mol. The Bertz CT molecular complexity index is 340. The van der Waals surface area contributed by atoms with Crippen molar-refractivity contribution in [3.05, 3.63) is 24.2 Å². The van der Waals surface area contributed by atoms with Crippen molar-refractivity contribution in [3.8, 4) is 0 Å². The predicted octanol–water partition coefficient (Wildman–Crippen LogP) is 2.23. The number of ether oxygens (including phenoxy) is 1. The van der Waals surface area contributed by atoms with Crippen LogP contribution in [0.15, 0.2) is 22.8 Å². The number of hydrogen-bond donors (Lipinski definition) is 2. The largest absolute Gasteiger partial charge is 0.467 e. The highest BCUT2D eigenvalue weighted by Crippen LogP contribution is 2.18. The Labute approximate surface area is 101 Å². The van der Waals surface area contributed by atoms with E-state index in [4.69, 9.17) is 14.3 Å². The maximum atomic E-state index is 11.6. The minimum atomic E-state index is -0.545. The minimum Gasteiger partial charge on any atom is -0.467 e. The fraction of sp³-hybridized carbons (Fsp3) is 0.583. The van der Waals surface area contributed by atoms with Gasteiger partial charge in [0.15, 0.2) is 0 Å². The molecule has 1 aromatic heterocycles. The highest BCUT2D eigenvalue weighted by Gasteiger charge is 2.21. The summed E-state index contributed by atoms with van der Waals surface area (Å²) >= 11 is 0. The number of carbonyl (C=O) groups excluding carboxylic acids is 1. The molecule has 0 saturated carbocycles. The molecule has 2 N–H and O–H groups in total. The van der Waals surface area contributed by atoms with Gasteiger partial charge in [-0.25, -0.2) is 4.79 Å². The van der Waals surface area contributed by atoms with Crippen molar-refractivity contribution >= 4 is 6.09 Å². The Morgan fingerprint density at radius 1 is 1.59 bits per heavy atom. The molecule has 1 aromatic rings. The van der Waals surface area contributed by atoms with Gasteiger partial charge in [0.25, 0.3) is 0 Å². The van der Waals surface area contributed by atoms with Crippen LogP contribution in [0.1, 0.15) is 39.0 Å². The quantitative estimate of drug-likeness (QED) is 0.847. The smallest absolute Gasteiger partial charge is 0.408 e. The highest BCUT2D eigenvalue weighted by molar-refractivity contribution is 5.68. The third kappa shape index (κ3) is 4.91. The minimum absolute atomic E-state index is 0.0405. The molecule has 0 aromatic carbocycles. The molecule has 0 fully saturated rings. The lowest BCUT2D eigenvalue weighted by Crippen LogP contribution is -2.35. The van der Waals surface area contributed by atoms with Gasteiger partial charge in [-0.05, 0) is 39.3 Å². The van der Waals surface area contributed by atoms with Gasteiger partial charge in [0.05, 0.1) is 12.3 Å². The number of amides is 1. The summed E-state index contributed by atoms with van der Waals surface area (Å²) in [7, 11) is 0. The first-order valence-electron chi connectivity index (χ1n) is 5.56. The van der Waals surface area contributed by atoms with Gasteiger partial charge in [-0.3, -0.25) is 0 Å². The van der Waals surface area contributed by atoms with Crippen LogP contribution in [0.4, 0.5) is 4.79 Å². The molecule has 0 unspecified atom stereocenters. The Balaban J connectivity index is 2.59. The topological polar surface area (TPSA) is 71.7 Å². The maximum Gasteiger partial charge on any atom is 0.408 e. The zero-order chi connectivity index (χ0) is 12.9. The molecule has 0 spiro atoms. The van der Waals surface area contributed by atoms with Crippen molar-refractivity contribution in [3.63, 3.8) is 0 Å². The van der Waals surface area contributed by atoms with Crippen molar-refractivity contribution in [2.45, 2.75) is 38.8 Å². The van der Waals surface area contributed by atoms with E-state index in [1.165, 1.54) is 6.26 Å². The van der Waals surface area contributed by atoms with Crippen molar-refractivity contribution in [1.29, 1.82) is 0 Å². The van der Waals surface area contributed by atoms with Crippen LogP contribution in [0.25, 0.3) is 0 Å². The van der Waals surface area contributed by atoms with Crippen LogP contribution < -0.4 is 5.32 Å². The maximum absolute atomic E-state index is 11.6. The van der Waals surface area contributed by atoms with Crippen molar-refractivity contribution in [2.75, 3.05) is 6.61 Å². The second-order valence-electron chi connectivity index (χ2n) is 4.73. The summed E-state index contributed by atoms with van der Waals surface area (Å²) in [5, 5.41) is 11.6. The normalized spacial score (nSPS) is 13.2. The van der Waals surface area contributed by atoms with Gasteiger partial charge in [-0.2, -0.15) is 0 Å². The molecule has 1 amide bonds. The molecule has 0 radical (unpaired) electrons. The fourth-order valence-electron chi connectivity index (χ4n) is 1.35. The summed E-state index contributed by atoms with van der Waals surface area (Å²) in [6, 6.07) is 3.11. The Hall–Kier alpha value is -1.49. The molecular formula is C12H19NO4. The van der Waals surface area contributed by atoms with Crippen LogP contribution in [0.2, 0.25) is 0 Å². The second kappa shape index (κ2) is 5.72. The number of nitrogens with one attached hydrogen (secondary N) is 1. The molecule has 1 heterocycles. The van der Waals surface area contributed by atoms with Gasteiger partial charge in [0.1, 0.15) is 11.4 Å². The molecule has 1 rings (SSSR count). The Morgan fingerprint density at radius 3 is 2.76 bits per heavy atom. The van der Waals surface area contributed by atoms with E-state index in [9.17, 15) is 4.79 Å². The lowest BCUT2D eigenvalue weighted by Gasteiger charge is -2.22. The summed E-state index contributed by atoms with van der Waals surface area (Å²) in [6.07, 6.45) is 1.39. The van der Waals surface area contributed by atoms with Gasteiger partial charge < -0.3 is 19.6 Å². The molecule has 0 aliphatic carbocycles. The number of hydrogen-bond acceptors (Lipinski definition) is 4. The molecular weight excluding hydrogens is 222 g/mol. The van der Waals surface area contributed by atoms with Crippen LogP contribution in [0.5, 0.6) is 0 Å². The van der Waals surface area contributed by atoms with Crippen LogP contribution in [-0.2, 0) is 4.74 Å².